The van der Waals surface area contributed by atoms with Crippen molar-refractivity contribution in [1.82, 2.24) is 14.6 Å². The van der Waals surface area contributed by atoms with Crippen molar-refractivity contribution in [3.63, 3.8) is 0 Å². The summed E-state index contributed by atoms with van der Waals surface area (Å²) >= 11 is 0. The molecule has 19 heavy (non-hydrogen) atoms. The molecule has 4 nitrogen and oxygen atoms in total. The summed E-state index contributed by atoms with van der Waals surface area (Å²) in [6, 6.07) is 10.4. The fourth-order valence-electron chi connectivity index (χ4n) is 2.27. The summed E-state index contributed by atoms with van der Waals surface area (Å²) < 4.78 is 1.79. The first-order valence-corrected chi connectivity index (χ1v) is 6.30. The molecule has 0 aliphatic rings. The van der Waals surface area contributed by atoms with E-state index in [-0.39, 0.29) is 0 Å². The quantitative estimate of drug-likeness (QED) is 0.762. The first-order chi connectivity index (χ1) is 9.17. The number of hydrogen-bond donors (Lipinski definition) is 1. The van der Waals surface area contributed by atoms with Crippen LogP contribution >= 0.6 is 0 Å². The summed E-state index contributed by atoms with van der Waals surface area (Å²) in [5.74, 6) is 0. The smallest absolute Gasteiger partial charge is 0.153 e. The van der Waals surface area contributed by atoms with Crippen molar-refractivity contribution in [2.24, 2.45) is 5.73 Å². The van der Waals surface area contributed by atoms with E-state index >= 15 is 0 Å². The number of aryl methyl sites for hydroxylation is 2. The van der Waals surface area contributed by atoms with Crippen molar-refractivity contribution < 1.29 is 0 Å². The summed E-state index contributed by atoms with van der Waals surface area (Å²) in [4.78, 5) is 4.38. The number of nitrogens with two attached hydrogens (primary N) is 1. The Hall–Kier alpha value is -2.20. The van der Waals surface area contributed by atoms with Gasteiger partial charge in [-0.2, -0.15) is 5.10 Å². The van der Waals surface area contributed by atoms with Gasteiger partial charge < -0.3 is 5.73 Å². The summed E-state index contributed by atoms with van der Waals surface area (Å²) in [6.07, 6.45) is 1.88. The maximum absolute atomic E-state index is 5.60. The molecule has 2 N–H and O–H groups in total. The zero-order valence-corrected chi connectivity index (χ0v) is 11.1. The Bertz CT molecular complexity index is 743. The van der Waals surface area contributed by atoms with E-state index in [1.54, 1.807) is 4.52 Å². The summed E-state index contributed by atoms with van der Waals surface area (Å²) in [5, 5.41) is 4.60. The van der Waals surface area contributed by atoms with Crippen molar-refractivity contribution in [3.8, 4) is 11.3 Å². The van der Waals surface area contributed by atoms with Gasteiger partial charge in [0.05, 0.1) is 17.6 Å². The van der Waals surface area contributed by atoms with Gasteiger partial charge in [0.25, 0.3) is 0 Å². The molecule has 0 saturated carbocycles. The van der Waals surface area contributed by atoms with Crippen LogP contribution in [0.4, 0.5) is 0 Å². The number of hydrogen-bond acceptors (Lipinski definition) is 3. The largest absolute Gasteiger partial charge is 0.325 e. The maximum atomic E-state index is 5.60. The topological polar surface area (TPSA) is 56.2 Å². The molecule has 0 spiro atoms. The molecule has 3 aromatic rings. The lowest BCUT2D eigenvalue weighted by Crippen LogP contribution is -1.95. The van der Waals surface area contributed by atoms with Crippen molar-refractivity contribution in [1.29, 1.82) is 0 Å². The molecule has 2 aromatic heterocycles. The van der Waals surface area contributed by atoms with Gasteiger partial charge in [-0.1, -0.05) is 23.8 Å². The van der Waals surface area contributed by atoms with Crippen LogP contribution in [-0.4, -0.2) is 14.6 Å². The Kier molecular flexibility index (Phi) is 2.80. The van der Waals surface area contributed by atoms with Crippen molar-refractivity contribution >= 4 is 5.65 Å². The number of imidazole rings is 1. The van der Waals surface area contributed by atoms with Gasteiger partial charge in [0.2, 0.25) is 0 Å². The van der Waals surface area contributed by atoms with Crippen molar-refractivity contribution in [2.45, 2.75) is 20.4 Å². The third-order valence-electron chi connectivity index (χ3n) is 3.24. The van der Waals surface area contributed by atoms with Crippen LogP contribution in [-0.2, 0) is 6.54 Å². The van der Waals surface area contributed by atoms with Crippen LogP contribution < -0.4 is 5.73 Å². The monoisotopic (exact) mass is 252 g/mol. The maximum Gasteiger partial charge on any atom is 0.153 e. The van der Waals surface area contributed by atoms with Crippen LogP contribution in [0, 0.1) is 13.8 Å². The fraction of sp³-hybridized carbons (Fsp3) is 0.200. The molecule has 0 fully saturated rings. The number of rotatable bonds is 2. The van der Waals surface area contributed by atoms with Gasteiger partial charge in [-0.15, -0.1) is 0 Å². The van der Waals surface area contributed by atoms with Gasteiger partial charge in [0.15, 0.2) is 5.65 Å². The van der Waals surface area contributed by atoms with Gasteiger partial charge in [-0.25, -0.2) is 9.50 Å². The Morgan fingerprint density at radius 3 is 2.74 bits per heavy atom. The van der Waals surface area contributed by atoms with Crippen LogP contribution in [0.3, 0.4) is 0 Å². The molecule has 96 valence electrons. The third kappa shape index (κ3) is 2.11. The summed E-state index contributed by atoms with van der Waals surface area (Å²) in [6.45, 7) is 4.63. The average molecular weight is 252 g/mol. The van der Waals surface area contributed by atoms with E-state index in [1.807, 2.05) is 18.3 Å². The molecular formula is C15H16N4. The Balaban J connectivity index is 2.14. The Labute approximate surface area is 111 Å². The van der Waals surface area contributed by atoms with E-state index in [0.717, 1.165) is 22.6 Å². The Morgan fingerprint density at radius 2 is 2.00 bits per heavy atom. The van der Waals surface area contributed by atoms with E-state index in [1.165, 1.54) is 11.1 Å². The fourth-order valence-corrected chi connectivity index (χ4v) is 2.27. The molecule has 0 unspecified atom stereocenters. The normalized spacial score (nSPS) is 11.1. The zero-order valence-electron chi connectivity index (χ0n) is 11.1. The lowest BCUT2D eigenvalue weighted by atomic mass is 10.0. The first-order valence-electron chi connectivity index (χ1n) is 6.30. The molecule has 0 saturated heterocycles. The number of benzene rings is 1. The minimum Gasteiger partial charge on any atom is -0.325 e. The second-order valence-electron chi connectivity index (χ2n) is 4.78. The van der Waals surface area contributed by atoms with E-state index < -0.39 is 0 Å². The highest BCUT2D eigenvalue weighted by atomic mass is 15.2. The predicted octanol–water partition coefficient (Wildman–Crippen LogP) is 2.47. The van der Waals surface area contributed by atoms with E-state index in [9.17, 15) is 0 Å². The number of aromatic nitrogens is 3. The number of fused-ring (bicyclic) bond motifs is 1. The second-order valence-corrected chi connectivity index (χ2v) is 4.78. The molecule has 0 radical (unpaired) electrons. The SMILES string of the molecule is Cc1ccc(-c2ccc3nc(CN)cn3n2)c(C)c1. The average Bonchev–Trinajstić information content (AvgIpc) is 2.80. The molecular weight excluding hydrogens is 236 g/mol. The summed E-state index contributed by atoms with van der Waals surface area (Å²) in [5.41, 5.74) is 11.9. The molecule has 0 bridgehead atoms. The Morgan fingerprint density at radius 1 is 1.16 bits per heavy atom. The first kappa shape index (κ1) is 11.9. The lowest BCUT2D eigenvalue weighted by Gasteiger charge is -2.06. The zero-order chi connectivity index (χ0) is 13.4. The van der Waals surface area contributed by atoms with Gasteiger partial charge in [-0.05, 0) is 31.5 Å². The predicted molar refractivity (Wildman–Crippen MR) is 75.8 cm³/mol. The van der Waals surface area contributed by atoms with E-state index in [2.05, 4.69) is 42.1 Å². The van der Waals surface area contributed by atoms with Crippen LogP contribution in [0.2, 0.25) is 0 Å². The molecule has 4 heteroatoms. The minimum atomic E-state index is 0.433. The molecule has 1 aromatic carbocycles. The van der Waals surface area contributed by atoms with Crippen molar-refractivity contribution in [2.75, 3.05) is 0 Å². The van der Waals surface area contributed by atoms with Gasteiger partial charge in [0, 0.05) is 12.1 Å². The molecule has 0 aliphatic carbocycles. The van der Waals surface area contributed by atoms with Gasteiger partial charge in [0.1, 0.15) is 0 Å². The van der Waals surface area contributed by atoms with Crippen LogP contribution in [0.15, 0.2) is 36.5 Å². The van der Waals surface area contributed by atoms with Crippen LogP contribution in [0.25, 0.3) is 16.9 Å². The van der Waals surface area contributed by atoms with Crippen LogP contribution in [0.5, 0.6) is 0 Å². The van der Waals surface area contributed by atoms with E-state index in [0.29, 0.717) is 6.54 Å². The molecule has 0 amide bonds. The highest BCUT2D eigenvalue weighted by Crippen LogP contribution is 2.22. The van der Waals surface area contributed by atoms with E-state index in [4.69, 9.17) is 5.73 Å². The summed E-state index contributed by atoms with van der Waals surface area (Å²) in [7, 11) is 0. The standard InChI is InChI=1S/C15H16N4/c1-10-3-4-13(11(2)7-10)14-5-6-15-17-12(8-16)9-19(15)18-14/h3-7,9H,8,16H2,1-2H3. The second kappa shape index (κ2) is 4.48. The van der Waals surface area contributed by atoms with Gasteiger partial charge in [-0.3, -0.25) is 0 Å². The lowest BCUT2D eigenvalue weighted by molar-refractivity contribution is 0.933. The van der Waals surface area contributed by atoms with Crippen molar-refractivity contribution in [3.05, 3.63) is 53.3 Å². The minimum absolute atomic E-state index is 0.433. The molecule has 2 heterocycles. The highest BCUT2D eigenvalue weighted by molar-refractivity contribution is 5.64. The molecule has 0 atom stereocenters. The molecule has 0 aliphatic heterocycles. The van der Waals surface area contributed by atoms with Gasteiger partial charge >= 0.3 is 0 Å². The third-order valence-corrected chi connectivity index (χ3v) is 3.24. The number of nitrogens with zero attached hydrogens (tertiary/aromatic N) is 3. The van der Waals surface area contributed by atoms with Crippen LogP contribution in [0.1, 0.15) is 16.8 Å². The highest BCUT2D eigenvalue weighted by Gasteiger charge is 2.06. The molecule has 3 rings (SSSR count).